The molecule has 152 valence electrons. The maximum atomic E-state index is 12.8. The predicted octanol–water partition coefficient (Wildman–Crippen LogP) is 1.77. The summed E-state index contributed by atoms with van der Waals surface area (Å²) in [4.78, 5) is 11.9. The van der Waals surface area contributed by atoms with Crippen LogP contribution < -0.4 is 10.0 Å². The molecule has 7 nitrogen and oxygen atoms in total. The van der Waals surface area contributed by atoms with Gasteiger partial charge >= 0.3 is 0 Å². The maximum absolute atomic E-state index is 12.8. The van der Waals surface area contributed by atoms with Crippen molar-refractivity contribution in [2.75, 3.05) is 11.5 Å². The first-order chi connectivity index (χ1) is 12.9. The van der Waals surface area contributed by atoms with Crippen LogP contribution in [0.1, 0.15) is 0 Å². The van der Waals surface area contributed by atoms with Gasteiger partial charge in [0, 0.05) is 0 Å². The summed E-state index contributed by atoms with van der Waals surface area (Å²) in [6.45, 7) is 0. The van der Waals surface area contributed by atoms with Gasteiger partial charge in [-0.25, -0.2) is 21.6 Å². The van der Waals surface area contributed by atoms with Crippen molar-refractivity contribution in [3.8, 4) is 0 Å². The third kappa shape index (κ3) is 4.90. The van der Waals surface area contributed by atoms with E-state index >= 15 is 0 Å². The SMILES string of the molecule is O=C(N[C@@H]1CS(=O)(=O)C[C@H]1NS(=O)(=O)c1ccc2ccccc2c1)C(Cl)(Cl)Cl. The van der Waals surface area contributed by atoms with Crippen LogP contribution in [-0.2, 0) is 24.7 Å². The van der Waals surface area contributed by atoms with Crippen molar-refractivity contribution >= 4 is 71.3 Å². The van der Waals surface area contributed by atoms with E-state index in [0.717, 1.165) is 5.39 Å². The summed E-state index contributed by atoms with van der Waals surface area (Å²) in [6.07, 6.45) is 0. The molecule has 28 heavy (non-hydrogen) atoms. The summed E-state index contributed by atoms with van der Waals surface area (Å²) >= 11 is 16.5. The highest BCUT2D eigenvalue weighted by molar-refractivity contribution is 7.92. The Kier molecular flexibility index (Phi) is 5.88. The second-order valence-electron chi connectivity index (χ2n) is 6.39. The number of benzene rings is 2. The van der Waals surface area contributed by atoms with Crippen molar-refractivity contribution in [1.29, 1.82) is 0 Å². The Hall–Kier alpha value is -1.10. The number of sulfonamides is 1. The van der Waals surface area contributed by atoms with E-state index in [4.69, 9.17) is 34.8 Å². The van der Waals surface area contributed by atoms with Gasteiger partial charge in [-0.3, -0.25) is 4.79 Å². The standard InChI is InChI=1S/C16H15Cl3N2O5S2/c17-16(18,19)15(22)20-13-8-27(23,24)9-14(13)21-28(25,26)12-6-5-10-3-1-2-4-11(10)7-12/h1-7,13-14,21H,8-9H2,(H,20,22)/t13-,14-/m1/s1. The Balaban J connectivity index is 1.86. The zero-order chi connectivity index (χ0) is 20.7. The largest absolute Gasteiger partial charge is 0.347 e. The lowest BCUT2D eigenvalue weighted by molar-refractivity contribution is -0.120. The Morgan fingerprint density at radius 2 is 1.61 bits per heavy atom. The van der Waals surface area contributed by atoms with Gasteiger partial charge in [0.25, 0.3) is 9.70 Å². The van der Waals surface area contributed by atoms with Crippen LogP contribution >= 0.6 is 34.8 Å². The number of carbonyl (C=O) groups excluding carboxylic acids is 1. The van der Waals surface area contributed by atoms with Gasteiger partial charge < -0.3 is 5.32 Å². The minimum absolute atomic E-state index is 0.0260. The number of amides is 1. The quantitative estimate of drug-likeness (QED) is 0.642. The summed E-state index contributed by atoms with van der Waals surface area (Å²) in [5.41, 5.74) is 0. The Labute approximate surface area is 177 Å². The lowest BCUT2D eigenvalue weighted by Gasteiger charge is -2.22. The van der Waals surface area contributed by atoms with E-state index in [-0.39, 0.29) is 4.90 Å². The first kappa shape index (κ1) is 21.6. The molecule has 0 aliphatic carbocycles. The Morgan fingerprint density at radius 1 is 1.00 bits per heavy atom. The lowest BCUT2D eigenvalue weighted by atomic mass is 10.1. The molecule has 0 spiro atoms. The van der Waals surface area contributed by atoms with E-state index in [9.17, 15) is 21.6 Å². The molecule has 0 saturated carbocycles. The number of nitrogens with one attached hydrogen (secondary N) is 2. The molecule has 1 aliphatic heterocycles. The fourth-order valence-corrected chi connectivity index (χ4v) is 6.40. The molecule has 3 rings (SSSR count). The summed E-state index contributed by atoms with van der Waals surface area (Å²) in [5, 5.41) is 3.86. The number of fused-ring (bicyclic) bond motifs is 1. The van der Waals surface area contributed by atoms with Crippen LogP contribution in [0.5, 0.6) is 0 Å². The molecular weight excluding hydrogens is 471 g/mol. The average Bonchev–Trinajstić information content (AvgIpc) is 2.86. The van der Waals surface area contributed by atoms with Crippen LogP contribution in [0.15, 0.2) is 47.4 Å². The van der Waals surface area contributed by atoms with Crippen LogP contribution in [0.4, 0.5) is 0 Å². The van der Waals surface area contributed by atoms with Crippen LogP contribution in [0.25, 0.3) is 10.8 Å². The Bertz CT molecular complexity index is 1130. The molecule has 0 bridgehead atoms. The summed E-state index contributed by atoms with van der Waals surface area (Å²) in [7, 11) is -7.65. The van der Waals surface area contributed by atoms with Crippen molar-refractivity contribution < 1.29 is 21.6 Å². The second-order valence-corrected chi connectivity index (χ2v) is 12.5. The van der Waals surface area contributed by atoms with E-state index in [0.29, 0.717) is 5.39 Å². The van der Waals surface area contributed by atoms with Gasteiger partial charge in [0.05, 0.1) is 28.5 Å². The summed E-state index contributed by atoms with van der Waals surface area (Å²) in [6, 6.07) is 9.59. The van der Waals surface area contributed by atoms with E-state index < -0.39 is 53.1 Å². The van der Waals surface area contributed by atoms with E-state index in [1.807, 2.05) is 12.1 Å². The fourth-order valence-electron chi connectivity index (χ4n) is 2.96. The average molecular weight is 486 g/mol. The number of carbonyl (C=O) groups is 1. The molecule has 0 aromatic heterocycles. The second kappa shape index (κ2) is 7.62. The molecule has 1 amide bonds. The molecule has 1 heterocycles. The van der Waals surface area contributed by atoms with Gasteiger partial charge in [0.2, 0.25) is 10.0 Å². The van der Waals surface area contributed by atoms with Gasteiger partial charge in [-0.1, -0.05) is 65.1 Å². The van der Waals surface area contributed by atoms with Gasteiger partial charge in [0.15, 0.2) is 9.84 Å². The van der Waals surface area contributed by atoms with Crippen LogP contribution in [0.3, 0.4) is 0 Å². The number of sulfone groups is 1. The predicted molar refractivity (Wildman–Crippen MR) is 109 cm³/mol. The smallest absolute Gasteiger partial charge is 0.272 e. The van der Waals surface area contributed by atoms with Crippen LogP contribution in [-0.4, -0.2) is 50.1 Å². The van der Waals surface area contributed by atoms with E-state index in [1.54, 1.807) is 18.2 Å². The first-order valence-corrected chi connectivity index (χ1v) is 12.4. The zero-order valence-electron chi connectivity index (χ0n) is 14.1. The number of halogens is 3. The first-order valence-electron chi connectivity index (χ1n) is 7.97. The highest BCUT2D eigenvalue weighted by atomic mass is 35.6. The fraction of sp³-hybridized carbons (Fsp3) is 0.312. The molecule has 2 aromatic carbocycles. The molecule has 12 heteroatoms. The van der Waals surface area contributed by atoms with Gasteiger partial charge in [-0.05, 0) is 22.9 Å². The van der Waals surface area contributed by atoms with Crippen molar-refractivity contribution in [3.63, 3.8) is 0 Å². The molecule has 2 N–H and O–H groups in total. The molecule has 2 atom stereocenters. The van der Waals surface area contributed by atoms with Crippen LogP contribution in [0.2, 0.25) is 0 Å². The molecule has 1 aliphatic rings. The van der Waals surface area contributed by atoms with Crippen molar-refractivity contribution in [1.82, 2.24) is 10.0 Å². The molecule has 2 aromatic rings. The lowest BCUT2D eigenvalue weighted by Crippen LogP contribution is -2.53. The number of hydrogen-bond acceptors (Lipinski definition) is 5. The van der Waals surface area contributed by atoms with Crippen molar-refractivity contribution in [2.45, 2.75) is 20.8 Å². The molecule has 0 unspecified atom stereocenters. The normalized spacial score (nSPS) is 22.2. The van der Waals surface area contributed by atoms with Gasteiger partial charge in [0.1, 0.15) is 0 Å². The van der Waals surface area contributed by atoms with Gasteiger partial charge in [-0.15, -0.1) is 0 Å². The van der Waals surface area contributed by atoms with Crippen LogP contribution in [0, 0.1) is 0 Å². The molecule has 1 fully saturated rings. The minimum atomic E-state index is -4.05. The zero-order valence-corrected chi connectivity index (χ0v) is 18.0. The topological polar surface area (TPSA) is 109 Å². The van der Waals surface area contributed by atoms with Crippen molar-refractivity contribution in [3.05, 3.63) is 42.5 Å². The number of hydrogen-bond donors (Lipinski definition) is 2. The van der Waals surface area contributed by atoms with E-state index in [1.165, 1.54) is 12.1 Å². The third-order valence-electron chi connectivity index (χ3n) is 4.26. The maximum Gasteiger partial charge on any atom is 0.272 e. The molecular formula is C16H15Cl3N2O5S2. The molecule has 0 radical (unpaired) electrons. The number of rotatable bonds is 4. The monoisotopic (exact) mass is 484 g/mol. The summed E-state index contributed by atoms with van der Waals surface area (Å²) < 4.78 is 49.6. The number of alkyl halides is 3. The highest BCUT2D eigenvalue weighted by Gasteiger charge is 2.43. The third-order valence-corrected chi connectivity index (χ3v) is 8.00. The van der Waals surface area contributed by atoms with E-state index in [2.05, 4.69) is 10.0 Å². The molecule has 1 saturated heterocycles. The Morgan fingerprint density at radius 3 is 2.25 bits per heavy atom. The minimum Gasteiger partial charge on any atom is -0.347 e. The van der Waals surface area contributed by atoms with Crippen molar-refractivity contribution in [2.24, 2.45) is 0 Å². The highest BCUT2D eigenvalue weighted by Crippen LogP contribution is 2.27. The van der Waals surface area contributed by atoms with Gasteiger partial charge in [-0.2, -0.15) is 0 Å². The summed E-state index contributed by atoms with van der Waals surface area (Å²) in [5.74, 6) is -1.98.